The highest BCUT2D eigenvalue weighted by Crippen LogP contribution is 2.31. The molecule has 7 nitrogen and oxygen atoms in total. The van der Waals surface area contributed by atoms with Crippen molar-refractivity contribution >= 4 is 28.6 Å². The largest absolute Gasteiger partial charge is 0.504 e. The normalized spacial score (nSPS) is 11.1. The molecule has 0 aliphatic carbocycles. The minimum absolute atomic E-state index is 0.0168. The van der Waals surface area contributed by atoms with Gasteiger partial charge in [0.2, 0.25) is 5.91 Å². The number of rotatable bonds is 6. The van der Waals surface area contributed by atoms with Gasteiger partial charge in [-0.3, -0.25) is 9.48 Å². The van der Waals surface area contributed by atoms with Gasteiger partial charge in [-0.15, -0.1) is 0 Å². The molecule has 1 aromatic heterocycles. The van der Waals surface area contributed by atoms with Gasteiger partial charge in [-0.2, -0.15) is 5.10 Å². The van der Waals surface area contributed by atoms with Gasteiger partial charge in [0.15, 0.2) is 11.5 Å². The summed E-state index contributed by atoms with van der Waals surface area (Å²) in [6.07, 6.45) is 4.73. The first-order valence-corrected chi connectivity index (χ1v) is 8.47. The quantitative estimate of drug-likeness (QED) is 0.653. The second-order valence-corrected chi connectivity index (χ2v) is 5.83. The molecule has 140 valence electrons. The summed E-state index contributed by atoms with van der Waals surface area (Å²) in [4.78, 5) is 12.3. The van der Waals surface area contributed by atoms with Gasteiger partial charge in [0.05, 0.1) is 36.5 Å². The van der Waals surface area contributed by atoms with Crippen LogP contribution >= 0.6 is 0 Å². The first kappa shape index (κ1) is 18.3. The third-order valence-corrected chi connectivity index (χ3v) is 4.05. The number of carbonyl (C=O) groups excluding carboxylic acids is 1. The van der Waals surface area contributed by atoms with E-state index in [-0.39, 0.29) is 11.7 Å². The fourth-order valence-corrected chi connectivity index (χ4v) is 2.80. The maximum atomic E-state index is 12.3. The number of aromatic nitrogens is 2. The fourth-order valence-electron chi connectivity index (χ4n) is 2.80. The molecule has 3 rings (SSSR count). The summed E-state index contributed by atoms with van der Waals surface area (Å²) in [6, 6.07) is 8.52. The zero-order valence-corrected chi connectivity index (χ0v) is 15.4. The number of nitrogens with one attached hydrogen (secondary N) is 1. The molecule has 27 heavy (non-hydrogen) atoms. The highest BCUT2D eigenvalue weighted by atomic mass is 16.5. The van der Waals surface area contributed by atoms with Gasteiger partial charge in [-0.1, -0.05) is 6.07 Å². The molecule has 0 spiro atoms. The summed E-state index contributed by atoms with van der Waals surface area (Å²) < 4.78 is 12.3. The van der Waals surface area contributed by atoms with Crippen LogP contribution in [-0.2, 0) is 11.8 Å². The molecule has 2 N–H and O–H groups in total. The van der Waals surface area contributed by atoms with Gasteiger partial charge >= 0.3 is 0 Å². The number of aromatic hydroxyl groups is 1. The van der Waals surface area contributed by atoms with Gasteiger partial charge in [0.1, 0.15) is 5.75 Å². The minimum atomic E-state index is -0.294. The van der Waals surface area contributed by atoms with Gasteiger partial charge in [0, 0.05) is 13.1 Å². The Bertz CT molecular complexity index is 1010. The van der Waals surface area contributed by atoms with Crippen LogP contribution in [-0.4, -0.2) is 34.5 Å². The maximum absolute atomic E-state index is 12.3. The predicted molar refractivity (Wildman–Crippen MR) is 104 cm³/mol. The third kappa shape index (κ3) is 3.87. The lowest BCUT2D eigenvalue weighted by atomic mass is 10.2. The number of nitrogens with zero attached hydrogens (tertiary/aromatic N) is 2. The van der Waals surface area contributed by atoms with E-state index in [4.69, 9.17) is 9.47 Å². The van der Waals surface area contributed by atoms with Crippen LogP contribution in [0.2, 0.25) is 0 Å². The van der Waals surface area contributed by atoms with E-state index in [9.17, 15) is 9.90 Å². The molecule has 1 amide bonds. The number of fused-ring (bicyclic) bond motifs is 1. The van der Waals surface area contributed by atoms with Crippen molar-refractivity contribution in [1.29, 1.82) is 0 Å². The second-order valence-electron chi connectivity index (χ2n) is 5.83. The van der Waals surface area contributed by atoms with E-state index >= 15 is 0 Å². The topological polar surface area (TPSA) is 85.6 Å². The molecule has 0 unspecified atom stereocenters. The molecule has 2 aromatic carbocycles. The van der Waals surface area contributed by atoms with Crippen LogP contribution in [0, 0.1) is 0 Å². The summed E-state index contributed by atoms with van der Waals surface area (Å²) in [5.41, 5.74) is 2.10. The Hall–Kier alpha value is -3.48. The Balaban J connectivity index is 1.81. The van der Waals surface area contributed by atoms with E-state index in [1.54, 1.807) is 35.2 Å². The molecular formula is C20H21N3O4. The number of amides is 1. The maximum Gasteiger partial charge on any atom is 0.248 e. The zero-order chi connectivity index (χ0) is 19.4. The summed E-state index contributed by atoms with van der Waals surface area (Å²) in [5.74, 6) is 0.826. The number of hydrogen-bond acceptors (Lipinski definition) is 5. The van der Waals surface area contributed by atoms with Crippen molar-refractivity contribution in [3.05, 3.63) is 48.2 Å². The van der Waals surface area contributed by atoms with Crippen molar-refractivity contribution in [2.45, 2.75) is 6.92 Å². The molecule has 0 saturated carbocycles. The van der Waals surface area contributed by atoms with E-state index in [0.29, 0.717) is 23.6 Å². The number of hydrogen-bond donors (Lipinski definition) is 2. The van der Waals surface area contributed by atoms with E-state index in [2.05, 4.69) is 10.4 Å². The molecule has 3 aromatic rings. The molecule has 0 fully saturated rings. The number of phenolic OH excluding ortho intramolecular Hbond substituents is 1. The smallest absolute Gasteiger partial charge is 0.248 e. The monoisotopic (exact) mass is 367 g/mol. The summed E-state index contributed by atoms with van der Waals surface area (Å²) in [5, 5.41) is 17.8. The van der Waals surface area contributed by atoms with Crippen LogP contribution in [0.15, 0.2) is 42.6 Å². The SMILES string of the molecule is CCOc1ccc(NC(=O)C=Cc2ccc(OC)c(O)c2)c2c1cnn2C. The molecule has 0 aliphatic rings. The minimum Gasteiger partial charge on any atom is -0.504 e. The summed E-state index contributed by atoms with van der Waals surface area (Å²) in [6.45, 7) is 2.47. The fraction of sp³-hybridized carbons (Fsp3) is 0.200. The van der Waals surface area contributed by atoms with Gasteiger partial charge in [-0.25, -0.2) is 0 Å². The van der Waals surface area contributed by atoms with Crippen molar-refractivity contribution in [3.63, 3.8) is 0 Å². The van der Waals surface area contributed by atoms with Gasteiger partial charge < -0.3 is 19.9 Å². The predicted octanol–water partition coefficient (Wildman–Crippen LogP) is 3.34. The van der Waals surface area contributed by atoms with Crippen molar-refractivity contribution in [2.75, 3.05) is 19.0 Å². The van der Waals surface area contributed by atoms with Crippen LogP contribution in [0.5, 0.6) is 17.2 Å². The lowest BCUT2D eigenvalue weighted by molar-refractivity contribution is -0.111. The van der Waals surface area contributed by atoms with Crippen molar-refractivity contribution in [2.24, 2.45) is 7.05 Å². The molecule has 0 radical (unpaired) electrons. The molecular weight excluding hydrogens is 346 g/mol. The average molecular weight is 367 g/mol. The van der Waals surface area contributed by atoms with Crippen molar-refractivity contribution in [3.8, 4) is 17.2 Å². The second kappa shape index (κ2) is 7.82. The summed E-state index contributed by atoms with van der Waals surface area (Å²) >= 11 is 0. The van der Waals surface area contributed by atoms with Crippen molar-refractivity contribution in [1.82, 2.24) is 9.78 Å². The average Bonchev–Trinajstić information content (AvgIpc) is 3.05. The van der Waals surface area contributed by atoms with Crippen LogP contribution in [0.1, 0.15) is 12.5 Å². The Morgan fingerprint density at radius 1 is 1.30 bits per heavy atom. The number of carbonyl (C=O) groups is 1. The molecule has 0 saturated heterocycles. The molecule has 0 aliphatic heterocycles. The van der Waals surface area contributed by atoms with Gasteiger partial charge in [0.25, 0.3) is 0 Å². The number of anilines is 1. The third-order valence-electron chi connectivity index (χ3n) is 4.05. The molecule has 7 heteroatoms. The van der Waals surface area contributed by atoms with Crippen LogP contribution in [0.4, 0.5) is 5.69 Å². The van der Waals surface area contributed by atoms with E-state index in [1.807, 2.05) is 20.0 Å². The standard InChI is InChI=1S/C20H21N3O4/c1-4-27-17-9-7-15(20-14(17)12-21-23(20)2)22-19(25)10-6-13-5-8-18(26-3)16(24)11-13/h5-12,24H,4H2,1-3H3,(H,22,25). The van der Waals surface area contributed by atoms with Crippen LogP contribution in [0.3, 0.4) is 0 Å². The number of ether oxygens (including phenoxy) is 2. The Morgan fingerprint density at radius 2 is 2.07 bits per heavy atom. The van der Waals surface area contributed by atoms with Crippen LogP contribution in [0.25, 0.3) is 17.0 Å². The first-order valence-electron chi connectivity index (χ1n) is 8.47. The molecule has 0 bridgehead atoms. The van der Waals surface area contributed by atoms with Crippen molar-refractivity contribution < 1.29 is 19.4 Å². The van der Waals surface area contributed by atoms with E-state index in [0.717, 1.165) is 16.7 Å². The molecule has 1 heterocycles. The highest BCUT2D eigenvalue weighted by Gasteiger charge is 2.12. The molecule has 0 atom stereocenters. The Kier molecular flexibility index (Phi) is 5.30. The lowest BCUT2D eigenvalue weighted by Gasteiger charge is -2.10. The highest BCUT2D eigenvalue weighted by molar-refractivity contribution is 6.07. The Labute approximate surface area is 156 Å². The number of methoxy groups -OCH3 is 1. The van der Waals surface area contributed by atoms with E-state index < -0.39 is 0 Å². The lowest BCUT2D eigenvalue weighted by Crippen LogP contribution is -2.09. The Morgan fingerprint density at radius 3 is 2.78 bits per heavy atom. The first-order chi connectivity index (χ1) is 13.0. The summed E-state index contributed by atoms with van der Waals surface area (Å²) in [7, 11) is 3.29. The number of aryl methyl sites for hydroxylation is 1. The number of benzene rings is 2. The van der Waals surface area contributed by atoms with Gasteiger partial charge in [-0.05, 0) is 42.8 Å². The number of phenols is 1. The zero-order valence-electron chi connectivity index (χ0n) is 15.4. The van der Waals surface area contributed by atoms with Crippen LogP contribution < -0.4 is 14.8 Å². The van der Waals surface area contributed by atoms with E-state index in [1.165, 1.54) is 19.3 Å².